The fourth-order valence-electron chi connectivity index (χ4n) is 8.35. The second kappa shape index (κ2) is 34.2. The zero-order chi connectivity index (χ0) is 56.2. The van der Waals surface area contributed by atoms with E-state index >= 15 is 0 Å². The minimum absolute atomic E-state index is 0.0964. The number of anilines is 5. The Kier molecular flexibility index (Phi) is 28.7. The van der Waals surface area contributed by atoms with Gasteiger partial charge in [0.05, 0.1) is 26.3 Å². The van der Waals surface area contributed by atoms with Gasteiger partial charge in [0.15, 0.2) is 29.3 Å². The van der Waals surface area contributed by atoms with Crippen molar-refractivity contribution >= 4 is 76.7 Å². The van der Waals surface area contributed by atoms with Crippen LogP contribution in [0.3, 0.4) is 0 Å². The van der Waals surface area contributed by atoms with Crippen LogP contribution in [0.25, 0.3) is 0 Å². The van der Waals surface area contributed by atoms with Gasteiger partial charge in [-0.05, 0) is 115 Å². The summed E-state index contributed by atoms with van der Waals surface area (Å²) >= 11 is 5.04. The number of hydrogen-bond donors (Lipinski definition) is 6. The van der Waals surface area contributed by atoms with Crippen LogP contribution in [0.5, 0.6) is 23.0 Å². The minimum Gasteiger partial charge on any atom is -0.493 e. The van der Waals surface area contributed by atoms with Gasteiger partial charge in [0.1, 0.15) is 19.4 Å². The van der Waals surface area contributed by atoms with Gasteiger partial charge < -0.3 is 55.1 Å². The third-order valence-electron chi connectivity index (χ3n) is 11.9. The van der Waals surface area contributed by atoms with Crippen LogP contribution < -0.4 is 50.0 Å². The molecule has 0 saturated heterocycles. The quantitative estimate of drug-likeness (QED) is 0.0232. The number of nitrogens with one attached hydrogen (secondary N) is 4. The lowest BCUT2D eigenvalue weighted by Crippen LogP contribution is -2.44. The average molecular weight is 1080 g/mol. The van der Waals surface area contributed by atoms with Crippen molar-refractivity contribution in [3.8, 4) is 23.0 Å². The van der Waals surface area contributed by atoms with E-state index in [1.807, 2.05) is 102 Å². The summed E-state index contributed by atoms with van der Waals surface area (Å²) in [5.74, 6) is 2.67. The Balaban J connectivity index is 0.000000838. The van der Waals surface area contributed by atoms with Crippen molar-refractivity contribution in [3.63, 3.8) is 0 Å². The molecule has 2 unspecified atom stereocenters. The summed E-state index contributed by atoms with van der Waals surface area (Å²) in [6.45, 7) is 17.6. The number of para-hydroxylation sites is 2. The van der Waals surface area contributed by atoms with Crippen LogP contribution in [0.15, 0.2) is 91.0 Å². The molecule has 0 aromatic heterocycles. The number of aliphatic hydroxyl groups excluding tert-OH is 1. The molecule has 15 nitrogen and oxygen atoms in total. The molecule has 0 aliphatic carbocycles. The fourth-order valence-corrected chi connectivity index (χ4v) is 8.73. The summed E-state index contributed by atoms with van der Waals surface area (Å²) in [5, 5.41) is 23.4. The molecule has 0 saturated carbocycles. The van der Waals surface area contributed by atoms with Crippen molar-refractivity contribution in [2.45, 2.75) is 119 Å². The highest BCUT2D eigenvalue weighted by molar-refractivity contribution is 8.13. The molecule has 0 fully saturated rings. The summed E-state index contributed by atoms with van der Waals surface area (Å²) in [7, 11) is 5.16. The fraction of sp³-hybridized carbons (Fsp3) is 0.424. The summed E-state index contributed by atoms with van der Waals surface area (Å²) in [6.07, 6.45) is 6.29. The first-order valence-corrected chi connectivity index (χ1v) is 28.0. The molecular formula is C59H82N6O9S2. The molecule has 0 spiro atoms. The van der Waals surface area contributed by atoms with Gasteiger partial charge in [-0.25, -0.2) is 0 Å². The zero-order valence-electron chi connectivity index (χ0n) is 46.6. The van der Waals surface area contributed by atoms with Crippen molar-refractivity contribution < 1.29 is 43.2 Å². The Labute approximate surface area is 461 Å². The largest absolute Gasteiger partial charge is 0.493 e. The molecule has 0 radical (unpaired) electrons. The number of carbonyl (C=O) groups excluding carboxylic acids is 4. The summed E-state index contributed by atoms with van der Waals surface area (Å²) in [6, 6.07) is 28.2. The van der Waals surface area contributed by atoms with Crippen LogP contribution in [0.4, 0.5) is 33.2 Å². The van der Waals surface area contributed by atoms with Crippen LogP contribution in [0, 0.1) is 6.92 Å². The lowest BCUT2D eigenvalue weighted by atomic mass is 10.1. The van der Waals surface area contributed by atoms with Crippen LogP contribution in [0.2, 0.25) is 0 Å². The number of benzene rings is 5. The Bertz CT molecular complexity index is 2600. The van der Waals surface area contributed by atoms with Gasteiger partial charge in [-0.1, -0.05) is 96.1 Å². The number of thiol groups is 1. The molecule has 3 amide bonds. The van der Waals surface area contributed by atoms with Gasteiger partial charge in [0, 0.05) is 72.7 Å². The highest BCUT2D eigenvalue weighted by Crippen LogP contribution is 2.38. The Morgan fingerprint density at radius 3 is 1.91 bits per heavy atom. The van der Waals surface area contributed by atoms with E-state index < -0.39 is 12.3 Å². The minimum atomic E-state index is -1.08. The molecule has 414 valence electrons. The Morgan fingerprint density at radius 1 is 0.803 bits per heavy atom. The highest BCUT2D eigenvalue weighted by atomic mass is 32.2. The number of aliphatic hydroxyl groups is 1. The van der Waals surface area contributed by atoms with Crippen LogP contribution in [-0.2, 0) is 35.6 Å². The lowest BCUT2D eigenvalue weighted by molar-refractivity contribution is -0.121. The second-order valence-electron chi connectivity index (χ2n) is 17.2. The maximum Gasteiger partial charge on any atom is 0.283 e. The highest BCUT2D eigenvalue weighted by Gasteiger charge is 2.34. The third kappa shape index (κ3) is 18.3. The van der Waals surface area contributed by atoms with Crippen LogP contribution in [0.1, 0.15) is 106 Å². The Hall–Kier alpha value is -6.56. The van der Waals surface area contributed by atoms with E-state index in [0.29, 0.717) is 65.0 Å². The molecule has 0 bridgehead atoms. The second-order valence-corrected chi connectivity index (χ2v) is 18.5. The van der Waals surface area contributed by atoms with Crippen molar-refractivity contribution in [1.29, 1.82) is 0 Å². The average Bonchev–Trinajstić information content (AvgIpc) is 3.99. The predicted molar refractivity (Wildman–Crippen MR) is 317 cm³/mol. The van der Waals surface area contributed by atoms with Crippen molar-refractivity contribution in [2.75, 3.05) is 72.1 Å². The predicted octanol–water partition coefficient (Wildman–Crippen LogP) is 12.0. The van der Waals surface area contributed by atoms with Crippen molar-refractivity contribution in [1.82, 2.24) is 5.32 Å². The number of aldehydes is 1. The lowest BCUT2D eigenvalue weighted by Gasteiger charge is -2.28. The Morgan fingerprint density at radius 2 is 1.37 bits per heavy atom. The number of methoxy groups -OCH3 is 2. The molecule has 5 aromatic carbocycles. The maximum atomic E-state index is 12.5. The number of nitrogens with zero attached hydrogens (tertiary/aromatic N) is 2. The van der Waals surface area contributed by atoms with Gasteiger partial charge in [0.25, 0.3) is 5.24 Å². The molecule has 76 heavy (non-hydrogen) atoms. The molecule has 5 N–H and O–H groups in total. The molecule has 3 atom stereocenters. The number of carbonyl (C=O) groups is 4. The number of hydrogen-bond acceptors (Lipinski definition) is 14. The number of aryl methyl sites for hydroxylation is 1. The standard InChI is InChI=1S/C46H49N5O8S.C6H13NOS.C3H8.2C2H6/c1-28-14-41(56-3)43(21-36(28)49-45(54)40-19-32-11-7-9-13-39(32)51(40)27-53)58-25-29-15-30(17-34(16-29)48-46(55)60-5)26-59-44-22-37(33(24-52)20-42(44)57-4)47-23-35-18-31-10-6-8-12-38(31)50(35)2;1-2-7-6(8)4-3-5-9;1-3-2;2*1-2/h6-17,20-22,24,27,35,40,45,47,49,54H,18-19,23,25-26H2,1-5H3,(H,48,55);9H,2-5H2,1H3,(H,7,8);3H2,1-2H3;2*1-2H3/t35?,40?,45-;;;;/m1..../s1. The van der Waals surface area contributed by atoms with Crippen molar-refractivity contribution in [2.24, 2.45) is 0 Å². The van der Waals surface area contributed by atoms with Gasteiger partial charge in [0.2, 0.25) is 12.3 Å². The monoisotopic (exact) mass is 1080 g/mol. The zero-order valence-corrected chi connectivity index (χ0v) is 48.3. The molecule has 2 aliphatic heterocycles. The van der Waals surface area contributed by atoms with Crippen LogP contribution in [-0.4, -0.2) is 93.6 Å². The molecule has 2 heterocycles. The first kappa shape index (κ1) is 63.7. The molecular weight excluding hydrogens is 1000 g/mol. The first-order chi connectivity index (χ1) is 36.8. The summed E-state index contributed by atoms with van der Waals surface area (Å²) in [5.41, 5.74) is 8.78. The van der Waals surface area contributed by atoms with E-state index in [4.69, 9.17) is 18.9 Å². The molecule has 7 rings (SSSR count). The molecule has 17 heteroatoms. The maximum absolute atomic E-state index is 12.5. The van der Waals surface area contributed by atoms with Gasteiger partial charge in [-0.15, -0.1) is 0 Å². The molecule has 2 aliphatic rings. The number of ether oxygens (including phenoxy) is 4. The number of amides is 3. The van der Waals surface area contributed by atoms with Gasteiger partial charge in [-0.2, -0.15) is 12.6 Å². The van der Waals surface area contributed by atoms with E-state index in [1.165, 1.54) is 24.8 Å². The number of likely N-dealkylation sites (N-methyl/N-ethyl adjacent to an activating group) is 1. The van der Waals surface area contributed by atoms with E-state index in [-0.39, 0.29) is 30.4 Å². The summed E-state index contributed by atoms with van der Waals surface area (Å²) in [4.78, 5) is 51.2. The smallest absolute Gasteiger partial charge is 0.283 e. The van der Waals surface area contributed by atoms with Gasteiger partial charge >= 0.3 is 0 Å². The SMILES string of the molecule is CC.CC.CCC.CCNC(=O)CCCS.COc1cc(C)c(N[C@H](O)C2Cc3ccccc3N2C=O)cc1OCc1cc(COc2cc(NCC3Cc4ccccc4N3C)c(C=O)cc2OC)cc(NC(=O)SC)c1. The van der Waals surface area contributed by atoms with Gasteiger partial charge in [-0.3, -0.25) is 19.2 Å². The van der Waals surface area contributed by atoms with Crippen molar-refractivity contribution in [3.05, 3.63) is 124 Å². The van der Waals surface area contributed by atoms with E-state index in [0.717, 1.165) is 77.5 Å². The number of fused-ring (bicyclic) bond motifs is 2. The topological polar surface area (TPSA) is 180 Å². The normalized spacial score (nSPS) is 13.9. The number of thioether (sulfide) groups is 1. The van der Waals surface area contributed by atoms with E-state index in [2.05, 4.69) is 71.8 Å². The van der Waals surface area contributed by atoms with E-state index in [9.17, 15) is 24.3 Å². The third-order valence-corrected chi connectivity index (χ3v) is 12.7. The van der Waals surface area contributed by atoms with E-state index in [1.54, 1.807) is 36.5 Å². The van der Waals surface area contributed by atoms with Crippen LogP contribution >= 0.6 is 24.4 Å². The first-order valence-electron chi connectivity index (χ1n) is 26.1. The summed E-state index contributed by atoms with van der Waals surface area (Å²) < 4.78 is 24.0. The molecule has 5 aromatic rings. The number of rotatable bonds is 21.